The standard InChI is InChI=1S/C11H15F3N2O3S/c12-11(13,14)7-1-3-15(4-2-7)10(19)16-6-20-5-8(16)9(17)18/h7-8H,1-6H2,(H,17,18). The van der Waals surface area contributed by atoms with Gasteiger partial charge in [0.2, 0.25) is 0 Å². The van der Waals surface area contributed by atoms with Crippen LogP contribution in [0.3, 0.4) is 0 Å². The van der Waals surface area contributed by atoms with Crippen molar-refractivity contribution in [3.05, 3.63) is 0 Å². The van der Waals surface area contributed by atoms with E-state index >= 15 is 0 Å². The van der Waals surface area contributed by atoms with E-state index in [1.165, 1.54) is 21.6 Å². The fraction of sp³-hybridized carbons (Fsp3) is 0.818. The zero-order valence-electron chi connectivity index (χ0n) is 10.6. The molecule has 0 saturated carbocycles. The fourth-order valence-corrected chi connectivity index (χ4v) is 3.55. The monoisotopic (exact) mass is 312 g/mol. The molecule has 2 fully saturated rings. The Labute approximate surface area is 118 Å². The van der Waals surface area contributed by atoms with Gasteiger partial charge < -0.3 is 14.9 Å². The predicted molar refractivity (Wildman–Crippen MR) is 66.3 cm³/mol. The summed E-state index contributed by atoms with van der Waals surface area (Å²) in [6.07, 6.45) is -4.45. The third kappa shape index (κ3) is 3.13. The number of aliphatic carboxylic acids is 1. The van der Waals surface area contributed by atoms with Crippen LogP contribution in [0.2, 0.25) is 0 Å². The third-order valence-corrected chi connectivity index (χ3v) is 4.65. The second-order valence-electron chi connectivity index (χ2n) is 4.91. The molecule has 1 unspecified atom stereocenters. The van der Waals surface area contributed by atoms with E-state index in [0.29, 0.717) is 5.75 Å². The molecular weight excluding hydrogens is 297 g/mol. The Kier molecular flexibility index (Phi) is 4.36. The molecule has 9 heteroatoms. The molecule has 0 aromatic carbocycles. The van der Waals surface area contributed by atoms with E-state index in [1.807, 2.05) is 0 Å². The minimum atomic E-state index is -4.22. The molecule has 0 aliphatic carbocycles. The summed E-state index contributed by atoms with van der Waals surface area (Å²) in [5.74, 6) is -1.85. The zero-order chi connectivity index (χ0) is 14.9. The van der Waals surface area contributed by atoms with Crippen LogP contribution in [0.1, 0.15) is 12.8 Å². The zero-order valence-corrected chi connectivity index (χ0v) is 11.4. The second kappa shape index (κ2) is 5.71. The van der Waals surface area contributed by atoms with Gasteiger partial charge in [0.05, 0.1) is 11.8 Å². The highest BCUT2D eigenvalue weighted by Crippen LogP contribution is 2.34. The van der Waals surface area contributed by atoms with E-state index in [2.05, 4.69) is 0 Å². The molecule has 2 amide bonds. The quantitative estimate of drug-likeness (QED) is 0.802. The van der Waals surface area contributed by atoms with Crippen molar-refractivity contribution in [2.45, 2.75) is 25.1 Å². The number of urea groups is 1. The molecule has 0 aromatic heterocycles. The Balaban J connectivity index is 1.93. The molecule has 2 heterocycles. The van der Waals surface area contributed by atoms with Crippen molar-refractivity contribution in [3.63, 3.8) is 0 Å². The number of alkyl halides is 3. The summed E-state index contributed by atoms with van der Waals surface area (Å²) in [6, 6.07) is -1.35. The summed E-state index contributed by atoms with van der Waals surface area (Å²) < 4.78 is 37.6. The van der Waals surface area contributed by atoms with Gasteiger partial charge >= 0.3 is 18.2 Å². The number of carboxylic acids is 1. The smallest absolute Gasteiger partial charge is 0.391 e. The summed E-state index contributed by atoms with van der Waals surface area (Å²) >= 11 is 1.33. The Bertz CT molecular complexity index is 397. The van der Waals surface area contributed by atoms with E-state index < -0.39 is 30.1 Å². The lowest BCUT2D eigenvalue weighted by molar-refractivity contribution is -0.183. The van der Waals surface area contributed by atoms with Crippen molar-refractivity contribution in [1.82, 2.24) is 9.80 Å². The second-order valence-corrected chi connectivity index (χ2v) is 5.91. The first-order valence-corrected chi connectivity index (χ1v) is 7.39. The molecule has 2 saturated heterocycles. The van der Waals surface area contributed by atoms with Crippen LogP contribution < -0.4 is 0 Å². The number of carboxylic acid groups (broad SMARTS) is 1. The summed E-state index contributed by atoms with van der Waals surface area (Å²) in [5.41, 5.74) is 0. The van der Waals surface area contributed by atoms with Gasteiger partial charge in [-0.3, -0.25) is 0 Å². The SMILES string of the molecule is O=C(O)C1CSCN1C(=O)N1CCC(C(F)(F)F)CC1. The highest BCUT2D eigenvalue weighted by atomic mass is 32.2. The first-order valence-electron chi connectivity index (χ1n) is 6.23. The number of thioether (sulfide) groups is 1. The lowest BCUT2D eigenvalue weighted by atomic mass is 9.96. The summed E-state index contributed by atoms with van der Waals surface area (Å²) in [7, 11) is 0. The molecule has 1 atom stereocenters. The number of likely N-dealkylation sites (tertiary alicyclic amines) is 1. The topological polar surface area (TPSA) is 60.9 Å². The lowest BCUT2D eigenvalue weighted by Crippen LogP contribution is -2.51. The number of nitrogens with zero attached hydrogens (tertiary/aromatic N) is 2. The largest absolute Gasteiger partial charge is 0.480 e. The minimum absolute atomic E-state index is 0.0243. The van der Waals surface area contributed by atoms with Crippen molar-refractivity contribution >= 4 is 23.8 Å². The average molecular weight is 312 g/mol. The molecule has 114 valence electrons. The van der Waals surface area contributed by atoms with Gasteiger partial charge in [0.25, 0.3) is 0 Å². The molecule has 2 aliphatic rings. The maximum Gasteiger partial charge on any atom is 0.391 e. The van der Waals surface area contributed by atoms with Crippen LogP contribution in [0, 0.1) is 5.92 Å². The molecule has 2 aliphatic heterocycles. The van der Waals surface area contributed by atoms with Gasteiger partial charge in [0, 0.05) is 18.8 Å². The third-order valence-electron chi connectivity index (χ3n) is 3.64. The normalized spacial score (nSPS) is 25.1. The van der Waals surface area contributed by atoms with Crippen LogP contribution >= 0.6 is 11.8 Å². The van der Waals surface area contributed by atoms with Gasteiger partial charge in [0.15, 0.2) is 0 Å². The predicted octanol–water partition coefficient (Wildman–Crippen LogP) is 1.84. The number of rotatable bonds is 1. The Morgan fingerprint density at radius 1 is 1.20 bits per heavy atom. The van der Waals surface area contributed by atoms with E-state index in [4.69, 9.17) is 5.11 Å². The fourth-order valence-electron chi connectivity index (χ4n) is 2.42. The molecule has 0 aromatic rings. The molecule has 0 radical (unpaired) electrons. The van der Waals surface area contributed by atoms with Crippen LogP contribution in [0.15, 0.2) is 0 Å². The van der Waals surface area contributed by atoms with Gasteiger partial charge in [-0.2, -0.15) is 13.2 Å². The number of hydrogen-bond donors (Lipinski definition) is 1. The van der Waals surface area contributed by atoms with Gasteiger partial charge in [-0.25, -0.2) is 9.59 Å². The molecule has 1 N–H and O–H groups in total. The van der Waals surface area contributed by atoms with Crippen molar-refractivity contribution in [3.8, 4) is 0 Å². The van der Waals surface area contributed by atoms with Gasteiger partial charge in [0.1, 0.15) is 6.04 Å². The van der Waals surface area contributed by atoms with E-state index in [1.54, 1.807) is 0 Å². The number of halogens is 3. The molecular formula is C11H15F3N2O3S. The first-order chi connectivity index (χ1) is 9.30. The maximum absolute atomic E-state index is 12.5. The van der Waals surface area contributed by atoms with Crippen molar-refractivity contribution in [2.75, 3.05) is 24.7 Å². The Morgan fingerprint density at radius 3 is 2.30 bits per heavy atom. The van der Waals surface area contributed by atoms with Gasteiger partial charge in [-0.05, 0) is 12.8 Å². The van der Waals surface area contributed by atoms with Crippen LogP contribution in [-0.4, -0.2) is 63.8 Å². The highest BCUT2D eigenvalue weighted by Gasteiger charge is 2.43. The maximum atomic E-state index is 12.5. The van der Waals surface area contributed by atoms with Crippen molar-refractivity contribution in [1.29, 1.82) is 0 Å². The molecule has 2 rings (SSSR count). The Morgan fingerprint density at radius 2 is 1.80 bits per heavy atom. The number of piperidine rings is 1. The summed E-state index contributed by atoms with van der Waals surface area (Å²) in [5, 5.41) is 9.01. The first kappa shape index (κ1) is 15.3. The van der Waals surface area contributed by atoms with Crippen molar-refractivity contribution in [2.24, 2.45) is 5.92 Å². The average Bonchev–Trinajstić information content (AvgIpc) is 2.86. The van der Waals surface area contributed by atoms with Crippen LogP contribution in [0.5, 0.6) is 0 Å². The van der Waals surface area contributed by atoms with Crippen LogP contribution in [0.25, 0.3) is 0 Å². The number of carbonyl (C=O) groups is 2. The molecule has 0 spiro atoms. The van der Waals surface area contributed by atoms with Gasteiger partial charge in [-0.1, -0.05) is 0 Å². The van der Waals surface area contributed by atoms with E-state index in [0.717, 1.165) is 0 Å². The highest BCUT2D eigenvalue weighted by molar-refractivity contribution is 7.99. The summed E-state index contributed by atoms with van der Waals surface area (Å²) in [4.78, 5) is 25.7. The summed E-state index contributed by atoms with van der Waals surface area (Å²) in [6.45, 7) is 0.0486. The van der Waals surface area contributed by atoms with Crippen LogP contribution in [-0.2, 0) is 4.79 Å². The van der Waals surface area contributed by atoms with E-state index in [9.17, 15) is 22.8 Å². The lowest BCUT2D eigenvalue weighted by Gasteiger charge is -2.35. The van der Waals surface area contributed by atoms with E-state index in [-0.39, 0.29) is 31.8 Å². The number of hydrogen-bond acceptors (Lipinski definition) is 3. The number of amides is 2. The van der Waals surface area contributed by atoms with Gasteiger partial charge in [-0.15, -0.1) is 11.8 Å². The molecule has 5 nitrogen and oxygen atoms in total. The Hall–Kier alpha value is -1.12. The minimum Gasteiger partial charge on any atom is -0.480 e. The van der Waals surface area contributed by atoms with Crippen LogP contribution in [0.4, 0.5) is 18.0 Å². The van der Waals surface area contributed by atoms with Crippen molar-refractivity contribution < 1.29 is 27.9 Å². The molecule has 0 bridgehead atoms. The number of carbonyl (C=O) groups excluding carboxylic acids is 1. The molecule has 20 heavy (non-hydrogen) atoms.